The molecule has 1 aromatic rings. The monoisotopic (exact) mass is 249 g/mol. The van der Waals surface area contributed by atoms with Crippen LogP contribution in [0.15, 0.2) is 30.3 Å². The van der Waals surface area contributed by atoms with E-state index in [1.54, 1.807) is 0 Å². The van der Waals surface area contributed by atoms with Crippen LogP contribution in [0.25, 0.3) is 0 Å². The van der Waals surface area contributed by atoms with E-state index in [2.05, 4.69) is 5.32 Å². The van der Waals surface area contributed by atoms with E-state index >= 15 is 0 Å². The molecule has 0 fully saturated rings. The first-order chi connectivity index (χ1) is 8.59. The van der Waals surface area contributed by atoms with Crippen LogP contribution in [0.4, 0.5) is 0 Å². The molecule has 0 saturated carbocycles. The molecule has 1 atom stereocenters. The molecule has 18 heavy (non-hydrogen) atoms. The van der Waals surface area contributed by atoms with E-state index in [0.717, 1.165) is 18.5 Å². The van der Waals surface area contributed by atoms with Crippen LogP contribution in [0.2, 0.25) is 0 Å². The van der Waals surface area contributed by atoms with Crippen LogP contribution < -0.4 is 11.1 Å². The zero-order chi connectivity index (χ0) is 13.4. The largest absolute Gasteiger partial charge is 0.356 e. The Kier molecular flexibility index (Phi) is 6.39. The molecule has 0 aliphatic carbocycles. The van der Waals surface area contributed by atoms with Crippen LogP contribution >= 0.6 is 0 Å². The Bertz CT molecular complexity index is 351. The van der Waals surface area contributed by atoms with Gasteiger partial charge in [0.15, 0.2) is 0 Å². The average Bonchev–Trinajstić information content (AvgIpc) is 2.37. The molecule has 1 unspecified atom stereocenters. The maximum absolute atomic E-state index is 11.5. The van der Waals surface area contributed by atoms with Crippen molar-refractivity contribution in [1.82, 2.24) is 10.2 Å². The van der Waals surface area contributed by atoms with Crippen molar-refractivity contribution in [2.75, 3.05) is 27.2 Å². The van der Waals surface area contributed by atoms with Crippen molar-refractivity contribution in [2.45, 2.75) is 18.9 Å². The van der Waals surface area contributed by atoms with E-state index < -0.39 is 0 Å². The Balaban J connectivity index is 2.19. The van der Waals surface area contributed by atoms with Crippen molar-refractivity contribution in [2.24, 2.45) is 5.73 Å². The molecular weight excluding hydrogens is 226 g/mol. The zero-order valence-electron chi connectivity index (χ0n) is 11.2. The lowest BCUT2D eigenvalue weighted by atomic mass is 10.1. The third-order valence-electron chi connectivity index (χ3n) is 2.79. The quantitative estimate of drug-likeness (QED) is 0.762. The lowest BCUT2D eigenvalue weighted by Crippen LogP contribution is -2.29. The molecule has 100 valence electrons. The summed E-state index contributed by atoms with van der Waals surface area (Å²) in [5.41, 5.74) is 7.16. The second kappa shape index (κ2) is 7.84. The Labute approximate surface area is 109 Å². The lowest BCUT2D eigenvalue weighted by Gasteiger charge is -2.13. The van der Waals surface area contributed by atoms with Gasteiger partial charge in [-0.3, -0.25) is 4.79 Å². The van der Waals surface area contributed by atoms with Crippen LogP contribution in [0.1, 0.15) is 24.4 Å². The van der Waals surface area contributed by atoms with Gasteiger partial charge in [-0.2, -0.15) is 0 Å². The van der Waals surface area contributed by atoms with Gasteiger partial charge in [0.1, 0.15) is 0 Å². The maximum atomic E-state index is 11.5. The fourth-order valence-corrected chi connectivity index (χ4v) is 1.65. The number of amides is 1. The smallest absolute Gasteiger partial charge is 0.221 e. The van der Waals surface area contributed by atoms with E-state index in [0.29, 0.717) is 13.0 Å². The predicted octanol–water partition coefficient (Wildman–Crippen LogP) is 1.14. The van der Waals surface area contributed by atoms with Crippen molar-refractivity contribution in [1.29, 1.82) is 0 Å². The molecule has 0 saturated heterocycles. The first-order valence-corrected chi connectivity index (χ1v) is 6.31. The lowest BCUT2D eigenvalue weighted by molar-refractivity contribution is -0.121. The molecule has 0 aliphatic heterocycles. The summed E-state index contributed by atoms with van der Waals surface area (Å²) in [6.07, 6.45) is 1.30. The predicted molar refractivity (Wildman–Crippen MR) is 74.2 cm³/mol. The van der Waals surface area contributed by atoms with Crippen molar-refractivity contribution in [3.63, 3.8) is 0 Å². The summed E-state index contributed by atoms with van der Waals surface area (Å²) in [6, 6.07) is 9.94. The molecule has 1 aromatic carbocycles. The van der Waals surface area contributed by atoms with E-state index in [4.69, 9.17) is 5.73 Å². The third-order valence-corrected chi connectivity index (χ3v) is 2.79. The fraction of sp³-hybridized carbons (Fsp3) is 0.500. The maximum Gasteiger partial charge on any atom is 0.221 e. The summed E-state index contributed by atoms with van der Waals surface area (Å²) in [7, 11) is 3.91. The van der Waals surface area contributed by atoms with Gasteiger partial charge in [-0.25, -0.2) is 0 Å². The van der Waals surface area contributed by atoms with Gasteiger partial charge in [-0.15, -0.1) is 0 Å². The average molecular weight is 249 g/mol. The second-order valence-electron chi connectivity index (χ2n) is 4.71. The van der Waals surface area contributed by atoms with E-state index in [1.807, 2.05) is 49.3 Å². The summed E-state index contributed by atoms with van der Waals surface area (Å²) < 4.78 is 0. The number of carbonyl (C=O) groups is 1. The van der Waals surface area contributed by atoms with Gasteiger partial charge in [0.25, 0.3) is 0 Å². The minimum atomic E-state index is -0.0136. The number of nitrogens with one attached hydrogen (secondary N) is 1. The first kappa shape index (κ1) is 14.7. The van der Waals surface area contributed by atoms with Gasteiger partial charge < -0.3 is 16.0 Å². The molecule has 1 rings (SSSR count). The highest BCUT2D eigenvalue weighted by Gasteiger charge is 2.06. The Morgan fingerprint density at radius 3 is 2.61 bits per heavy atom. The van der Waals surface area contributed by atoms with Crippen LogP contribution in [-0.2, 0) is 4.79 Å². The minimum absolute atomic E-state index is 0.0136. The molecule has 4 heteroatoms. The van der Waals surface area contributed by atoms with Gasteiger partial charge >= 0.3 is 0 Å². The summed E-state index contributed by atoms with van der Waals surface area (Å²) in [5, 5.41) is 2.89. The highest BCUT2D eigenvalue weighted by atomic mass is 16.1. The van der Waals surface area contributed by atoms with Crippen molar-refractivity contribution < 1.29 is 4.79 Å². The molecule has 0 aliphatic rings. The summed E-state index contributed by atoms with van der Waals surface area (Å²) in [5.74, 6) is 0.0870. The minimum Gasteiger partial charge on any atom is -0.356 e. The van der Waals surface area contributed by atoms with Crippen molar-refractivity contribution >= 4 is 5.91 Å². The topological polar surface area (TPSA) is 58.4 Å². The van der Waals surface area contributed by atoms with E-state index in [1.165, 1.54) is 0 Å². The molecule has 0 spiro atoms. The number of nitrogens with zero attached hydrogens (tertiary/aromatic N) is 1. The number of benzene rings is 1. The second-order valence-corrected chi connectivity index (χ2v) is 4.71. The van der Waals surface area contributed by atoms with Crippen molar-refractivity contribution in [3.8, 4) is 0 Å². The molecule has 1 amide bonds. The number of rotatable bonds is 7. The van der Waals surface area contributed by atoms with Gasteiger partial charge in [-0.05, 0) is 26.1 Å². The molecule has 0 bridgehead atoms. The highest BCUT2D eigenvalue weighted by molar-refractivity contribution is 5.75. The van der Waals surface area contributed by atoms with Gasteiger partial charge in [-0.1, -0.05) is 30.3 Å². The van der Waals surface area contributed by atoms with Gasteiger partial charge in [0.05, 0.1) is 0 Å². The molecule has 0 aromatic heterocycles. The number of nitrogens with two attached hydrogens (primary N) is 1. The van der Waals surface area contributed by atoms with Gasteiger partial charge in [0, 0.05) is 25.6 Å². The summed E-state index contributed by atoms with van der Waals surface area (Å²) >= 11 is 0. The SMILES string of the molecule is CN(C)CCC(=O)NCCC(N)c1ccccc1. The molecule has 0 heterocycles. The van der Waals surface area contributed by atoms with E-state index in [9.17, 15) is 4.79 Å². The fourth-order valence-electron chi connectivity index (χ4n) is 1.65. The highest BCUT2D eigenvalue weighted by Crippen LogP contribution is 2.12. The Hall–Kier alpha value is -1.39. The Morgan fingerprint density at radius 2 is 2.00 bits per heavy atom. The zero-order valence-corrected chi connectivity index (χ0v) is 11.2. The van der Waals surface area contributed by atoms with Crippen LogP contribution in [0.5, 0.6) is 0 Å². The Morgan fingerprint density at radius 1 is 1.33 bits per heavy atom. The standard InChI is InChI=1S/C14H23N3O/c1-17(2)11-9-14(18)16-10-8-13(15)12-6-4-3-5-7-12/h3-7,13H,8-11,15H2,1-2H3,(H,16,18). The van der Waals surface area contributed by atoms with Crippen LogP contribution in [0, 0.1) is 0 Å². The molecule has 3 N–H and O–H groups in total. The first-order valence-electron chi connectivity index (χ1n) is 6.31. The van der Waals surface area contributed by atoms with Gasteiger partial charge in [0.2, 0.25) is 5.91 Å². The molecular formula is C14H23N3O. The van der Waals surface area contributed by atoms with Crippen LogP contribution in [0.3, 0.4) is 0 Å². The molecule has 0 radical (unpaired) electrons. The third kappa shape index (κ3) is 5.80. The van der Waals surface area contributed by atoms with Crippen molar-refractivity contribution in [3.05, 3.63) is 35.9 Å². The number of carbonyl (C=O) groups excluding carboxylic acids is 1. The van der Waals surface area contributed by atoms with E-state index in [-0.39, 0.29) is 11.9 Å². The molecule has 4 nitrogen and oxygen atoms in total. The number of hydrogen-bond acceptors (Lipinski definition) is 3. The van der Waals surface area contributed by atoms with Crippen LogP contribution in [-0.4, -0.2) is 38.0 Å². The summed E-state index contributed by atoms with van der Waals surface area (Å²) in [4.78, 5) is 13.5. The normalized spacial score (nSPS) is 12.4. The number of hydrogen-bond donors (Lipinski definition) is 2. The summed E-state index contributed by atoms with van der Waals surface area (Å²) in [6.45, 7) is 1.40.